The van der Waals surface area contributed by atoms with Crippen molar-refractivity contribution in [3.63, 3.8) is 0 Å². The normalized spacial score (nSPS) is 12.5. The Hall–Kier alpha value is -2.10. The SMILES string of the molecule is COC(=O)C(NC(=O)/C=C/c1ccc(C)cc1C)C(C)C. The minimum absolute atomic E-state index is 0.0316. The van der Waals surface area contributed by atoms with E-state index in [1.165, 1.54) is 18.7 Å². The predicted octanol–water partition coefficient (Wildman–Crippen LogP) is 2.63. The number of benzene rings is 1. The van der Waals surface area contributed by atoms with E-state index in [2.05, 4.69) is 11.4 Å². The molecule has 0 saturated heterocycles. The summed E-state index contributed by atoms with van der Waals surface area (Å²) in [4.78, 5) is 23.5. The molecule has 114 valence electrons. The second-order valence-electron chi connectivity index (χ2n) is 5.45. The second-order valence-corrected chi connectivity index (χ2v) is 5.45. The first-order valence-corrected chi connectivity index (χ1v) is 6.98. The van der Waals surface area contributed by atoms with Crippen LogP contribution in [0.1, 0.15) is 30.5 Å². The maximum absolute atomic E-state index is 11.9. The molecular formula is C17H23NO3. The molecule has 0 spiro atoms. The van der Waals surface area contributed by atoms with Crippen molar-refractivity contribution in [2.75, 3.05) is 7.11 Å². The van der Waals surface area contributed by atoms with Crippen LogP contribution in [0.2, 0.25) is 0 Å². The maximum Gasteiger partial charge on any atom is 0.328 e. The summed E-state index contributed by atoms with van der Waals surface area (Å²) in [7, 11) is 1.31. The van der Waals surface area contributed by atoms with Crippen LogP contribution in [-0.4, -0.2) is 25.0 Å². The van der Waals surface area contributed by atoms with Gasteiger partial charge in [-0.05, 0) is 37.0 Å². The number of hydrogen-bond donors (Lipinski definition) is 1. The van der Waals surface area contributed by atoms with E-state index >= 15 is 0 Å². The molecule has 0 aliphatic carbocycles. The Morgan fingerprint density at radius 2 is 1.90 bits per heavy atom. The van der Waals surface area contributed by atoms with Gasteiger partial charge in [-0.2, -0.15) is 0 Å². The van der Waals surface area contributed by atoms with Crippen LogP contribution in [0.4, 0.5) is 0 Å². The fourth-order valence-corrected chi connectivity index (χ4v) is 2.00. The van der Waals surface area contributed by atoms with E-state index in [4.69, 9.17) is 4.74 Å². The number of amides is 1. The van der Waals surface area contributed by atoms with Gasteiger partial charge in [-0.3, -0.25) is 4.79 Å². The third-order valence-corrected chi connectivity index (χ3v) is 3.26. The molecule has 4 heteroatoms. The van der Waals surface area contributed by atoms with Gasteiger partial charge in [0.05, 0.1) is 7.11 Å². The number of carbonyl (C=O) groups excluding carboxylic acids is 2. The molecule has 1 rings (SSSR count). The first kappa shape index (κ1) is 17.0. The van der Waals surface area contributed by atoms with Crippen molar-refractivity contribution < 1.29 is 14.3 Å². The molecule has 0 fully saturated rings. The Bertz CT molecular complexity index is 547. The molecule has 1 aromatic rings. The number of ether oxygens (including phenoxy) is 1. The third-order valence-electron chi connectivity index (χ3n) is 3.26. The second kappa shape index (κ2) is 7.62. The molecule has 1 unspecified atom stereocenters. The standard InChI is InChI=1S/C17H23NO3/c1-11(2)16(17(20)21-5)18-15(19)9-8-14-7-6-12(3)10-13(14)4/h6-11,16H,1-5H3,(H,18,19)/b9-8+. The van der Waals surface area contributed by atoms with Crippen molar-refractivity contribution in [3.05, 3.63) is 41.0 Å². The van der Waals surface area contributed by atoms with E-state index in [1.54, 1.807) is 6.08 Å². The van der Waals surface area contributed by atoms with E-state index in [9.17, 15) is 9.59 Å². The molecule has 1 amide bonds. The van der Waals surface area contributed by atoms with Crippen molar-refractivity contribution in [2.45, 2.75) is 33.7 Å². The molecule has 1 aromatic carbocycles. The predicted molar refractivity (Wildman–Crippen MR) is 83.7 cm³/mol. The van der Waals surface area contributed by atoms with Crippen LogP contribution in [0.3, 0.4) is 0 Å². The van der Waals surface area contributed by atoms with Crippen LogP contribution < -0.4 is 5.32 Å². The van der Waals surface area contributed by atoms with Crippen LogP contribution in [-0.2, 0) is 14.3 Å². The van der Waals surface area contributed by atoms with Gasteiger partial charge < -0.3 is 10.1 Å². The van der Waals surface area contributed by atoms with E-state index in [0.29, 0.717) is 0 Å². The Morgan fingerprint density at radius 3 is 2.43 bits per heavy atom. The smallest absolute Gasteiger partial charge is 0.328 e. The fraction of sp³-hybridized carbons (Fsp3) is 0.412. The molecule has 1 atom stereocenters. The highest BCUT2D eigenvalue weighted by molar-refractivity contribution is 5.94. The number of esters is 1. The minimum atomic E-state index is -0.633. The topological polar surface area (TPSA) is 55.4 Å². The number of carbonyl (C=O) groups is 2. The lowest BCUT2D eigenvalue weighted by Crippen LogP contribution is -2.44. The number of rotatable bonds is 5. The number of hydrogen-bond acceptors (Lipinski definition) is 3. The Morgan fingerprint density at radius 1 is 1.24 bits per heavy atom. The van der Waals surface area contributed by atoms with Crippen LogP contribution in [0.25, 0.3) is 6.08 Å². The highest BCUT2D eigenvalue weighted by Crippen LogP contribution is 2.12. The minimum Gasteiger partial charge on any atom is -0.467 e. The molecule has 1 N–H and O–H groups in total. The molecule has 0 bridgehead atoms. The molecule has 0 aliphatic rings. The van der Waals surface area contributed by atoms with Crippen molar-refractivity contribution in [2.24, 2.45) is 5.92 Å². The molecule has 0 radical (unpaired) electrons. The summed E-state index contributed by atoms with van der Waals surface area (Å²) in [6, 6.07) is 5.39. The molecule has 0 heterocycles. The van der Waals surface area contributed by atoms with Crippen molar-refractivity contribution in [1.29, 1.82) is 0 Å². The third kappa shape index (κ3) is 5.06. The van der Waals surface area contributed by atoms with Crippen molar-refractivity contribution in [3.8, 4) is 0 Å². The summed E-state index contributed by atoms with van der Waals surface area (Å²) in [6.45, 7) is 7.73. The first-order chi connectivity index (χ1) is 9.85. The van der Waals surface area contributed by atoms with Gasteiger partial charge >= 0.3 is 5.97 Å². The van der Waals surface area contributed by atoms with Gasteiger partial charge in [0.2, 0.25) is 5.91 Å². The summed E-state index contributed by atoms with van der Waals surface area (Å²) < 4.78 is 4.69. The molecule has 0 saturated carbocycles. The van der Waals surface area contributed by atoms with Crippen LogP contribution >= 0.6 is 0 Å². The zero-order chi connectivity index (χ0) is 16.0. The number of aryl methyl sites for hydroxylation is 2. The van der Waals surface area contributed by atoms with Gasteiger partial charge in [-0.25, -0.2) is 4.79 Å². The summed E-state index contributed by atoms with van der Waals surface area (Å²) in [5.74, 6) is -0.770. The summed E-state index contributed by atoms with van der Waals surface area (Å²) >= 11 is 0. The fourth-order valence-electron chi connectivity index (χ4n) is 2.00. The quantitative estimate of drug-likeness (QED) is 0.669. The summed E-state index contributed by atoms with van der Waals surface area (Å²) in [6.07, 6.45) is 3.19. The summed E-state index contributed by atoms with van der Waals surface area (Å²) in [5, 5.41) is 2.67. The zero-order valence-electron chi connectivity index (χ0n) is 13.3. The van der Waals surface area contributed by atoms with Crippen molar-refractivity contribution >= 4 is 18.0 Å². The summed E-state index contributed by atoms with van der Waals surface area (Å²) in [5.41, 5.74) is 3.27. The molecular weight excluding hydrogens is 266 g/mol. The number of methoxy groups -OCH3 is 1. The van der Waals surface area contributed by atoms with Gasteiger partial charge in [-0.1, -0.05) is 37.6 Å². The Balaban J connectivity index is 2.76. The van der Waals surface area contributed by atoms with Crippen LogP contribution in [0, 0.1) is 19.8 Å². The first-order valence-electron chi connectivity index (χ1n) is 6.98. The molecule has 0 aromatic heterocycles. The average Bonchev–Trinajstić information content (AvgIpc) is 2.42. The molecule has 0 aliphatic heterocycles. The molecule has 4 nitrogen and oxygen atoms in total. The van der Waals surface area contributed by atoms with Crippen LogP contribution in [0.15, 0.2) is 24.3 Å². The van der Waals surface area contributed by atoms with Gasteiger partial charge in [0.1, 0.15) is 6.04 Å². The largest absolute Gasteiger partial charge is 0.467 e. The molecule has 21 heavy (non-hydrogen) atoms. The van der Waals surface area contributed by atoms with E-state index < -0.39 is 12.0 Å². The highest BCUT2D eigenvalue weighted by atomic mass is 16.5. The van der Waals surface area contributed by atoms with Crippen molar-refractivity contribution in [1.82, 2.24) is 5.32 Å². The van der Waals surface area contributed by atoms with Gasteiger partial charge in [0.25, 0.3) is 0 Å². The maximum atomic E-state index is 11.9. The lowest BCUT2D eigenvalue weighted by atomic mass is 10.0. The Kier molecular flexibility index (Phi) is 6.15. The highest BCUT2D eigenvalue weighted by Gasteiger charge is 2.23. The average molecular weight is 289 g/mol. The van der Waals surface area contributed by atoms with Gasteiger partial charge in [-0.15, -0.1) is 0 Å². The zero-order valence-corrected chi connectivity index (χ0v) is 13.3. The van der Waals surface area contributed by atoms with Gasteiger partial charge in [0, 0.05) is 6.08 Å². The van der Waals surface area contributed by atoms with E-state index in [0.717, 1.165) is 11.1 Å². The lowest BCUT2D eigenvalue weighted by Gasteiger charge is -2.18. The number of nitrogens with one attached hydrogen (secondary N) is 1. The Labute approximate surface area is 126 Å². The van der Waals surface area contributed by atoms with E-state index in [1.807, 2.05) is 39.8 Å². The van der Waals surface area contributed by atoms with Crippen LogP contribution in [0.5, 0.6) is 0 Å². The van der Waals surface area contributed by atoms with Gasteiger partial charge in [0.15, 0.2) is 0 Å². The lowest BCUT2D eigenvalue weighted by molar-refractivity contribution is -0.145. The van der Waals surface area contributed by atoms with E-state index in [-0.39, 0.29) is 11.8 Å². The monoisotopic (exact) mass is 289 g/mol.